The summed E-state index contributed by atoms with van der Waals surface area (Å²) in [6.45, 7) is 9.01. The first-order chi connectivity index (χ1) is 16.0. The Labute approximate surface area is 203 Å². The summed E-state index contributed by atoms with van der Waals surface area (Å²) in [4.78, 5) is 7.02. The van der Waals surface area contributed by atoms with Crippen molar-refractivity contribution in [2.24, 2.45) is 0 Å². The van der Waals surface area contributed by atoms with Gasteiger partial charge in [-0.1, -0.05) is 44.9 Å². The average molecular weight is 459 g/mol. The first kappa shape index (κ1) is 22.1. The Bertz CT molecular complexity index is 1130. The maximum Gasteiger partial charge on any atom is 0.174 e. The Morgan fingerprint density at radius 1 is 1.03 bits per heavy atom. The third-order valence-corrected chi connectivity index (χ3v) is 7.78. The van der Waals surface area contributed by atoms with Gasteiger partial charge in [-0.3, -0.25) is 4.98 Å². The van der Waals surface area contributed by atoms with Gasteiger partial charge < -0.3 is 14.8 Å². The van der Waals surface area contributed by atoms with E-state index in [2.05, 4.69) is 84.9 Å². The van der Waals surface area contributed by atoms with Crippen molar-refractivity contribution in [2.75, 3.05) is 4.90 Å². The van der Waals surface area contributed by atoms with E-state index < -0.39 is 0 Å². The molecule has 33 heavy (non-hydrogen) atoms. The normalized spacial score (nSPS) is 21.2. The molecule has 3 aromatic rings. The summed E-state index contributed by atoms with van der Waals surface area (Å²) in [6, 6.07) is 18.1. The van der Waals surface area contributed by atoms with Gasteiger partial charge in [0.2, 0.25) is 0 Å². The van der Waals surface area contributed by atoms with E-state index in [1.165, 1.54) is 48.2 Å². The van der Waals surface area contributed by atoms with Crippen molar-refractivity contribution >= 4 is 23.0 Å². The molecule has 5 heteroatoms. The fraction of sp³-hybridized carbons (Fsp3) is 0.429. The molecule has 3 heterocycles. The van der Waals surface area contributed by atoms with Crippen LogP contribution in [0.5, 0.6) is 0 Å². The van der Waals surface area contributed by atoms with E-state index in [1.807, 2.05) is 12.3 Å². The minimum atomic E-state index is 0.000929. The number of hydrogen-bond donors (Lipinski definition) is 1. The summed E-state index contributed by atoms with van der Waals surface area (Å²) < 4.78 is 2.58. The van der Waals surface area contributed by atoms with E-state index in [4.69, 9.17) is 17.2 Å². The molecule has 1 saturated heterocycles. The number of nitrogens with zero attached hydrogens (tertiary/aromatic N) is 3. The van der Waals surface area contributed by atoms with Crippen molar-refractivity contribution in [3.05, 3.63) is 82.9 Å². The molecule has 0 bridgehead atoms. The number of nitrogens with one attached hydrogen (secondary N) is 1. The number of pyridine rings is 1. The van der Waals surface area contributed by atoms with Crippen molar-refractivity contribution in [3.8, 4) is 0 Å². The molecule has 0 spiro atoms. The summed E-state index contributed by atoms with van der Waals surface area (Å²) in [7, 11) is 0. The van der Waals surface area contributed by atoms with Crippen molar-refractivity contribution < 1.29 is 0 Å². The van der Waals surface area contributed by atoms with Crippen LogP contribution in [-0.4, -0.2) is 14.7 Å². The summed E-state index contributed by atoms with van der Waals surface area (Å²) in [5, 5.41) is 4.38. The first-order valence-electron chi connectivity index (χ1n) is 12.2. The molecule has 1 aliphatic carbocycles. The van der Waals surface area contributed by atoms with Crippen molar-refractivity contribution in [3.63, 3.8) is 0 Å². The van der Waals surface area contributed by atoms with Gasteiger partial charge in [0, 0.05) is 29.3 Å². The van der Waals surface area contributed by atoms with Crippen LogP contribution in [-0.2, 0) is 0 Å². The van der Waals surface area contributed by atoms with Crippen LogP contribution in [0.1, 0.15) is 91.8 Å². The van der Waals surface area contributed by atoms with E-state index in [9.17, 15) is 0 Å². The topological polar surface area (TPSA) is 33.1 Å². The van der Waals surface area contributed by atoms with Crippen LogP contribution in [0, 0.1) is 13.8 Å². The van der Waals surface area contributed by atoms with E-state index in [0.717, 1.165) is 16.5 Å². The van der Waals surface area contributed by atoms with Crippen LogP contribution in [0.3, 0.4) is 0 Å². The highest BCUT2D eigenvalue weighted by Crippen LogP contribution is 2.45. The lowest BCUT2D eigenvalue weighted by Crippen LogP contribution is -2.29. The van der Waals surface area contributed by atoms with Gasteiger partial charge in [-0.15, -0.1) is 0 Å². The average Bonchev–Trinajstić information content (AvgIpc) is 3.52. The molecule has 0 radical (unpaired) electrons. The second-order valence-electron chi connectivity index (χ2n) is 9.88. The second-order valence-corrected chi connectivity index (χ2v) is 10.3. The Kier molecular flexibility index (Phi) is 6.00. The van der Waals surface area contributed by atoms with Crippen LogP contribution in [0.25, 0.3) is 0 Å². The molecule has 2 aromatic heterocycles. The van der Waals surface area contributed by atoms with Gasteiger partial charge in [0.25, 0.3) is 0 Å². The summed E-state index contributed by atoms with van der Waals surface area (Å²) in [5.41, 5.74) is 7.55. The van der Waals surface area contributed by atoms with Gasteiger partial charge in [0.15, 0.2) is 5.11 Å². The number of anilines is 1. The lowest BCUT2D eigenvalue weighted by atomic mass is 9.96. The molecular weight excluding hydrogens is 424 g/mol. The molecule has 1 N–H and O–H groups in total. The quantitative estimate of drug-likeness (QED) is 0.421. The first-order valence-corrected chi connectivity index (χ1v) is 12.7. The van der Waals surface area contributed by atoms with Gasteiger partial charge in [-0.25, -0.2) is 0 Å². The molecular formula is C28H34N4S. The molecule has 2 aliphatic rings. The van der Waals surface area contributed by atoms with Crippen LogP contribution in [0.15, 0.2) is 54.7 Å². The van der Waals surface area contributed by atoms with E-state index in [-0.39, 0.29) is 12.1 Å². The lowest BCUT2D eigenvalue weighted by molar-refractivity contribution is 0.494. The van der Waals surface area contributed by atoms with Gasteiger partial charge in [0.1, 0.15) is 0 Å². The molecule has 1 saturated carbocycles. The molecule has 1 aliphatic heterocycles. The third-order valence-electron chi connectivity index (χ3n) is 7.47. The fourth-order valence-corrected chi connectivity index (χ4v) is 6.14. The summed E-state index contributed by atoms with van der Waals surface area (Å²) >= 11 is 5.93. The van der Waals surface area contributed by atoms with E-state index in [0.29, 0.717) is 12.0 Å². The predicted molar refractivity (Wildman–Crippen MR) is 140 cm³/mol. The van der Waals surface area contributed by atoms with Gasteiger partial charge in [0.05, 0.1) is 17.8 Å². The molecule has 5 rings (SSSR count). The van der Waals surface area contributed by atoms with Crippen LogP contribution >= 0.6 is 12.2 Å². The van der Waals surface area contributed by atoms with Crippen molar-refractivity contribution in [1.82, 2.24) is 14.9 Å². The highest BCUT2D eigenvalue weighted by molar-refractivity contribution is 7.80. The molecule has 2 atom stereocenters. The van der Waals surface area contributed by atoms with Crippen LogP contribution in [0.2, 0.25) is 0 Å². The number of hydrogen-bond acceptors (Lipinski definition) is 2. The van der Waals surface area contributed by atoms with Crippen LogP contribution in [0.4, 0.5) is 5.69 Å². The second kappa shape index (κ2) is 8.94. The highest BCUT2D eigenvalue weighted by atomic mass is 32.1. The maximum atomic E-state index is 5.93. The zero-order valence-corrected chi connectivity index (χ0v) is 20.9. The molecule has 4 nitrogen and oxygen atoms in total. The van der Waals surface area contributed by atoms with Crippen molar-refractivity contribution in [2.45, 2.75) is 77.4 Å². The summed E-state index contributed by atoms with van der Waals surface area (Å²) in [5.74, 6) is 0.505. The SMILES string of the molecule is Cc1cc(C2C(c3ccccn3)NC(=S)N2c2ccc(C(C)C)cc2)c(C)n1C1CCCC1. The number of benzene rings is 1. The minimum absolute atomic E-state index is 0.000929. The number of thiocarbonyl (C=S) groups is 1. The molecule has 172 valence electrons. The largest absolute Gasteiger partial charge is 0.351 e. The smallest absolute Gasteiger partial charge is 0.174 e. The fourth-order valence-electron chi connectivity index (χ4n) is 5.80. The third kappa shape index (κ3) is 3.97. The maximum absolute atomic E-state index is 5.93. The molecule has 2 unspecified atom stereocenters. The van der Waals surface area contributed by atoms with Gasteiger partial charge in [-0.2, -0.15) is 0 Å². The minimum Gasteiger partial charge on any atom is -0.351 e. The Morgan fingerprint density at radius 3 is 2.39 bits per heavy atom. The monoisotopic (exact) mass is 458 g/mol. The number of aromatic nitrogens is 2. The predicted octanol–water partition coefficient (Wildman–Crippen LogP) is 6.92. The number of aryl methyl sites for hydroxylation is 1. The van der Waals surface area contributed by atoms with Gasteiger partial charge >= 0.3 is 0 Å². The Morgan fingerprint density at radius 2 is 1.76 bits per heavy atom. The molecule has 0 amide bonds. The Hall–Kier alpha value is -2.66. The van der Waals surface area contributed by atoms with Crippen molar-refractivity contribution in [1.29, 1.82) is 0 Å². The van der Waals surface area contributed by atoms with Gasteiger partial charge in [-0.05, 0) is 86.3 Å². The zero-order chi connectivity index (χ0) is 23.1. The van der Waals surface area contributed by atoms with Crippen LogP contribution < -0.4 is 10.2 Å². The Balaban J connectivity index is 1.62. The number of rotatable bonds is 5. The summed E-state index contributed by atoms with van der Waals surface area (Å²) in [6.07, 6.45) is 7.09. The van der Waals surface area contributed by atoms with E-state index in [1.54, 1.807) is 0 Å². The lowest BCUT2D eigenvalue weighted by Gasteiger charge is -2.29. The highest BCUT2D eigenvalue weighted by Gasteiger charge is 2.42. The van der Waals surface area contributed by atoms with E-state index >= 15 is 0 Å². The molecule has 1 aromatic carbocycles. The standard InChI is InChI=1S/C28H34N4S/c1-18(2)21-12-14-23(15-13-21)32-27(26(30-28(32)33)25-11-7-8-16-29-25)24-17-19(3)31(20(24)4)22-9-5-6-10-22/h7-8,11-18,22,26-27H,5-6,9-10H2,1-4H3,(H,30,33). The molecule has 2 fully saturated rings. The zero-order valence-electron chi connectivity index (χ0n) is 20.1.